The van der Waals surface area contributed by atoms with Crippen LogP contribution < -0.4 is 10.1 Å². The van der Waals surface area contributed by atoms with Gasteiger partial charge in [-0.3, -0.25) is 9.59 Å². The van der Waals surface area contributed by atoms with Gasteiger partial charge >= 0.3 is 0 Å². The summed E-state index contributed by atoms with van der Waals surface area (Å²) in [5, 5.41) is 13.2. The maximum Gasteiger partial charge on any atom is 0.239 e. The first-order valence-corrected chi connectivity index (χ1v) is 8.45. The minimum atomic E-state index is -0.831. The van der Waals surface area contributed by atoms with E-state index in [1.165, 1.54) is 0 Å². The number of aliphatic hydroxyl groups excluding tert-OH is 1. The summed E-state index contributed by atoms with van der Waals surface area (Å²) in [6.07, 6.45) is 1.49. The van der Waals surface area contributed by atoms with Crippen molar-refractivity contribution in [3.8, 4) is 5.75 Å². The fraction of sp³-hybridized carbons (Fsp3) is 0.529. The number of amides is 2. The number of hydrogen-bond acceptors (Lipinski definition) is 4. The molecule has 1 aromatic carbocycles. The third-order valence-corrected chi connectivity index (χ3v) is 4.29. The average Bonchev–Trinajstić information content (AvgIpc) is 2.56. The third-order valence-electron chi connectivity index (χ3n) is 3.86. The first kappa shape index (κ1) is 18.5. The zero-order valence-electron chi connectivity index (χ0n) is 13.8. The van der Waals surface area contributed by atoms with Gasteiger partial charge in [0.2, 0.25) is 11.8 Å². The highest BCUT2D eigenvalue weighted by molar-refractivity contribution is 6.31. The molecule has 1 aromatic rings. The van der Waals surface area contributed by atoms with Crippen LogP contribution in [0, 0.1) is 6.92 Å². The molecule has 0 spiro atoms. The van der Waals surface area contributed by atoms with Crippen LogP contribution >= 0.6 is 11.6 Å². The van der Waals surface area contributed by atoms with Crippen LogP contribution in [0.1, 0.15) is 24.8 Å². The van der Waals surface area contributed by atoms with Crippen LogP contribution in [0.4, 0.5) is 0 Å². The van der Waals surface area contributed by atoms with E-state index in [0.717, 1.165) is 18.4 Å². The van der Waals surface area contributed by atoms with Crippen molar-refractivity contribution in [2.45, 2.75) is 32.3 Å². The molecule has 1 fully saturated rings. The van der Waals surface area contributed by atoms with E-state index in [2.05, 4.69) is 5.32 Å². The molecule has 0 aliphatic carbocycles. The Morgan fingerprint density at radius 2 is 2.25 bits per heavy atom. The second-order valence-corrected chi connectivity index (χ2v) is 6.36. The summed E-state index contributed by atoms with van der Waals surface area (Å²) in [5.74, 6) is 0.353. The number of piperidine rings is 1. The molecule has 0 bridgehead atoms. The average molecular weight is 355 g/mol. The fourth-order valence-corrected chi connectivity index (χ4v) is 2.57. The smallest absolute Gasteiger partial charge is 0.239 e. The fourth-order valence-electron chi connectivity index (χ4n) is 2.45. The van der Waals surface area contributed by atoms with Crippen molar-refractivity contribution < 1.29 is 19.4 Å². The number of carbonyl (C=O) groups is 2. The molecular formula is C17H23ClN2O4. The lowest BCUT2D eigenvalue weighted by atomic mass is 10.1. The van der Waals surface area contributed by atoms with E-state index in [9.17, 15) is 14.7 Å². The summed E-state index contributed by atoms with van der Waals surface area (Å²) in [5.41, 5.74) is 0.892. The molecule has 1 saturated heterocycles. The summed E-state index contributed by atoms with van der Waals surface area (Å²) in [6.45, 7) is 2.67. The molecule has 7 heteroatoms. The van der Waals surface area contributed by atoms with Gasteiger partial charge in [-0.1, -0.05) is 11.6 Å². The van der Waals surface area contributed by atoms with E-state index in [1.807, 2.05) is 6.92 Å². The van der Waals surface area contributed by atoms with Gasteiger partial charge in [0.25, 0.3) is 0 Å². The summed E-state index contributed by atoms with van der Waals surface area (Å²) >= 11 is 5.94. The van der Waals surface area contributed by atoms with Crippen molar-refractivity contribution >= 4 is 23.4 Å². The second kappa shape index (κ2) is 8.89. The van der Waals surface area contributed by atoms with E-state index in [-0.39, 0.29) is 31.5 Å². The molecule has 0 aromatic heterocycles. The Morgan fingerprint density at radius 3 is 2.96 bits per heavy atom. The number of ether oxygens (including phenoxy) is 1. The van der Waals surface area contributed by atoms with E-state index < -0.39 is 6.10 Å². The molecule has 6 nitrogen and oxygen atoms in total. The lowest BCUT2D eigenvalue weighted by Crippen LogP contribution is -2.45. The standard InChI is InChI=1S/C17H23ClN2O4/c1-12-8-14(5-6-15(12)18)24-11-13(21)9-19-16(22)10-20-7-3-2-4-17(20)23/h5-6,8,13,21H,2-4,7,9-11H2,1H3,(H,19,22). The normalized spacial score (nSPS) is 16.0. The number of aliphatic hydroxyl groups is 1. The number of nitrogens with zero attached hydrogens (tertiary/aromatic N) is 1. The molecule has 1 atom stereocenters. The number of carbonyl (C=O) groups excluding carboxylic acids is 2. The van der Waals surface area contributed by atoms with Crippen molar-refractivity contribution in [2.75, 3.05) is 26.2 Å². The molecule has 0 saturated carbocycles. The van der Waals surface area contributed by atoms with E-state index in [0.29, 0.717) is 23.7 Å². The minimum absolute atomic E-state index is 0.0124. The molecule has 2 amide bonds. The molecule has 1 aliphatic rings. The highest BCUT2D eigenvalue weighted by Gasteiger charge is 2.20. The molecule has 0 radical (unpaired) electrons. The number of nitrogens with one attached hydrogen (secondary N) is 1. The maximum absolute atomic E-state index is 11.8. The summed E-state index contributed by atoms with van der Waals surface area (Å²) in [6, 6.07) is 5.24. The highest BCUT2D eigenvalue weighted by atomic mass is 35.5. The van der Waals surface area contributed by atoms with Gasteiger partial charge in [-0.25, -0.2) is 0 Å². The first-order chi connectivity index (χ1) is 11.5. The predicted octanol–water partition coefficient (Wildman–Crippen LogP) is 1.52. The van der Waals surface area contributed by atoms with Crippen molar-refractivity contribution in [1.82, 2.24) is 10.2 Å². The van der Waals surface area contributed by atoms with Crippen LogP contribution in [0.5, 0.6) is 5.75 Å². The van der Waals surface area contributed by atoms with Crippen LogP contribution in [0.2, 0.25) is 5.02 Å². The van der Waals surface area contributed by atoms with Gasteiger partial charge in [0.05, 0.1) is 6.54 Å². The van der Waals surface area contributed by atoms with Crippen molar-refractivity contribution in [3.63, 3.8) is 0 Å². The molecule has 2 rings (SSSR count). The van der Waals surface area contributed by atoms with Gasteiger partial charge in [0.15, 0.2) is 0 Å². The summed E-state index contributed by atoms with van der Waals surface area (Å²) in [4.78, 5) is 25.0. The third kappa shape index (κ3) is 5.69. The summed E-state index contributed by atoms with van der Waals surface area (Å²) < 4.78 is 5.48. The molecule has 132 valence electrons. The number of hydrogen-bond donors (Lipinski definition) is 2. The van der Waals surface area contributed by atoms with Gasteiger partial charge in [0, 0.05) is 24.5 Å². The number of rotatable bonds is 7. The van der Waals surface area contributed by atoms with Crippen LogP contribution in [-0.4, -0.2) is 54.2 Å². The number of benzene rings is 1. The molecule has 1 aliphatic heterocycles. The molecule has 1 unspecified atom stereocenters. The van der Waals surface area contributed by atoms with Crippen LogP contribution in [0.3, 0.4) is 0 Å². The Morgan fingerprint density at radius 1 is 1.46 bits per heavy atom. The van der Waals surface area contributed by atoms with E-state index >= 15 is 0 Å². The molecule has 24 heavy (non-hydrogen) atoms. The Bertz CT molecular complexity index is 594. The zero-order valence-corrected chi connectivity index (χ0v) is 14.5. The van der Waals surface area contributed by atoms with E-state index in [4.69, 9.17) is 16.3 Å². The Balaban J connectivity index is 1.68. The zero-order chi connectivity index (χ0) is 17.5. The van der Waals surface area contributed by atoms with E-state index in [1.54, 1.807) is 23.1 Å². The van der Waals surface area contributed by atoms with Crippen molar-refractivity contribution in [1.29, 1.82) is 0 Å². The number of aryl methyl sites for hydroxylation is 1. The van der Waals surface area contributed by atoms with Gasteiger partial charge in [-0.15, -0.1) is 0 Å². The molecular weight excluding hydrogens is 332 g/mol. The molecule has 2 N–H and O–H groups in total. The second-order valence-electron chi connectivity index (χ2n) is 5.95. The van der Waals surface area contributed by atoms with Crippen LogP contribution in [0.25, 0.3) is 0 Å². The van der Waals surface area contributed by atoms with Crippen LogP contribution in [0.15, 0.2) is 18.2 Å². The van der Waals surface area contributed by atoms with Crippen LogP contribution in [-0.2, 0) is 9.59 Å². The van der Waals surface area contributed by atoms with Gasteiger partial charge in [-0.2, -0.15) is 0 Å². The topological polar surface area (TPSA) is 78.9 Å². The van der Waals surface area contributed by atoms with Crippen molar-refractivity contribution in [3.05, 3.63) is 28.8 Å². The van der Waals surface area contributed by atoms with Gasteiger partial charge in [0.1, 0.15) is 18.5 Å². The highest BCUT2D eigenvalue weighted by Crippen LogP contribution is 2.21. The van der Waals surface area contributed by atoms with Crippen molar-refractivity contribution in [2.24, 2.45) is 0 Å². The Kier molecular flexibility index (Phi) is 6.87. The Hall–Kier alpha value is -1.79. The predicted molar refractivity (Wildman–Crippen MR) is 91.1 cm³/mol. The first-order valence-electron chi connectivity index (χ1n) is 8.07. The molecule has 1 heterocycles. The minimum Gasteiger partial charge on any atom is -0.491 e. The number of halogens is 1. The Labute approximate surface area is 146 Å². The largest absolute Gasteiger partial charge is 0.491 e. The number of likely N-dealkylation sites (tertiary alicyclic amines) is 1. The SMILES string of the molecule is Cc1cc(OCC(O)CNC(=O)CN2CCCCC2=O)ccc1Cl. The lowest BCUT2D eigenvalue weighted by Gasteiger charge is -2.26. The lowest BCUT2D eigenvalue weighted by molar-refractivity contribution is -0.137. The van der Waals surface area contributed by atoms with Gasteiger partial charge in [-0.05, 0) is 43.5 Å². The monoisotopic (exact) mass is 354 g/mol. The maximum atomic E-state index is 11.8. The summed E-state index contributed by atoms with van der Waals surface area (Å²) in [7, 11) is 0. The van der Waals surface area contributed by atoms with Gasteiger partial charge < -0.3 is 20.1 Å². The quantitative estimate of drug-likeness (QED) is 0.778.